The van der Waals surface area contributed by atoms with Crippen LogP contribution in [-0.2, 0) is 16.0 Å². The highest BCUT2D eigenvalue weighted by atomic mass is 16.5. The largest absolute Gasteiger partial charge is 0.496 e. The van der Waals surface area contributed by atoms with Crippen molar-refractivity contribution < 1.29 is 14.3 Å². The van der Waals surface area contributed by atoms with Crippen molar-refractivity contribution in [1.82, 2.24) is 4.98 Å². The van der Waals surface area contributed by atoms with Crippen LogP contribution in [0.1, 0.15) is 42.5 Å². The van der Waals surface area contributed by atoms with Crippen molar-refractivity contribution in [3.8, 4) is 5.75 Å². The van der Waals surface area contributed by atoms with Gasteiger partial charge in [-0.1, -0.05) is 0 Å². The van der Waals surface area contributed by atoms with Crippen molar-refractivity contribution in [2.24, 2.45) is 0 Å². The predicted molar refractivity (Wildman–Crippen MR) is 77.2 cm³/mol. The number of nitrogens with zero attached hydrogens (tertiary/aromatic N) is 1. The number of pyridine rings is 1. The molecular formula is C16H23NO3. The first-order valence-corrected chi connectivity index (χ1v) is 7.07. The number of ketones is 1. The Morgan fingerprint density at radius 3 is 2.55 bits per heavy atom. The molecule has 1 saturated carbocycles. The summed E-state index contributed by atoms with van der Waals surface area (Å²) < 4.78 is 10.9. The smallest absolute Gasteiger partial charge is 0.141 e. The highest BCUT2D eigenvalue weighted by Crippen LogP contribution is 2.38. The zero-order chi connectivity index (χ0) is 14.8. The minimum Gasteiger partial charge on any atom is -0.496 e. The molecule has 4 heteroatoms. The van der Waals surface area contributed by atoms with Crippen LogP contribution < -0.4 is 4.74 Å². The van der Waals surface area contributed by atoms with E-state index < -0.39 is 0 Å². The van der Waals surface area contributed by atoms with Crippen LogP contribution >= 0.6 is 0 Å². The van der Waals surface area contributed by atoms with Crippen LogP contribution in [0.2, 0.25) is 0 Å². The van der Waals surface area contributed by atoms with Gasteiger partial charge in [-0.05, 0) is 33.1 Å². The Bertz CT molecular complexity index is 501. The molecule has 1 heterocycles. The average molecular weight is 277 g/mol. The van der Waals surface area contributed by atoms with Crippen LogP contribution in [0.25, 0.3) is 0 Å². The van der Waals surface area contributed by atoms with Gasteiger partial charge >= 0.3 is 0 Å². The van der Waals surface area contributed by atoms with E-state index in [1.54, 1.807) is 20.4 Å². The summed E-state index contributed by atoms with van der Waals surface area (Å²) in [5.41, 5.74) is 2.55. The fourth-order valence-electron chi connectivity index (χ4n) is 2.88. The molecule has 0 atom stereocenters. The van der Waals surface area contributed by atoms with Crippen LogP contribution in [-0.4, -0.2) is 30.6 Å². The first-order valence-electron chi connectivity index (χ1n) is 7.07. The van der Waals surface area contributed by atoms with Crippen LogP contribution in [0.4, 0.5) is 0 Å². The molecular weight excluding hydrogens is 254 g/mol. The van der Waals surface area contributed by atoms with Crippen LogP contribution in [0.3, 0.4) is 0 Å². The molecule has 20 heavy (non-hydrogen) atoms. The number of aryl methyl sites for hydroxylation is 1. The van der Waals surface area contributed by atoms with Crippen molar-refractivity contribution in [2.45, 2.75) is 51.6 Å². The molecule has 0 radical (unpaired) electrons. The van der Waals surface area contributed by atoms with Crippen LogP contribution in [0.15, 0.2) is 6.20 Å². The molecule has 0 N–H and O–H groups in total. The highest BCUT2D eigenvalue weighted by molar-refractivity contribution is 5.82. The molecule has 0 unspecified atom stereocenters. The van der Waals surface area contributed by atoms with Gasteiger partial charge in [-0.3, -0.25) is 9.78 Å². The lowest BCUT2D eigenvalue weighted by molar-refractivity contribution is -0.131. The van der Waals surface area contributed by atoms with Gasteiger partial charge in [0.25, 0.3) is 0 Å². The van der Waals surface area contributed by atoms with Gasteiger partial charge in [0.2, 0.25) is 0 Å². The molecule has 110 valence electrons. The van der Waals surface area contributed by atoms with E-state index in [2.05, 4.69) is 4.98 Å². The summed E-state index contributed by atoms with van der Waals surface area (Å²) in [6, 6.07) is 0. The Morgan fingerprint density at radius 1 is 1.35 bits per heavy atom. The Kier molecular flexibility index (Phi) is 4.43. The summed E-state index contributed by atoms with van der Waals surface area (Å²) in [5.74, 6) is 1.01. The Balaban J connectivity index is 2.08. The van der Waals surface area contributed by atoms with E-state index >= 15 is 0 Å². The molecule has 4 nitrogen and oxygen atoms in total. The number of hydrogen-bond acceptors (Lipinski definition) is 4. The first-order chi connectivity index (χ1) is 9.51. The summed E-state index contributed by atoms with van der Waals surface area (Å²) >= 11 is 0. The second-order valence-corrected chi connectivity index (χ2v) is 5.68. The molecule has 0 aromatic carbocycles. The van der Waals surface area contributed by atoms with Gasteiger partial charge < -0.3 is 9.47 Å². The molecule has 0 aliphatic heterocycles. The lowest BCUT2D eigenvalue weighted by atomic mass is 9.76. The maximum atomic E-state index is 12.3. The monoisotopic (exact) mass is 277 g/mol. The molecule has 0 amide bonds. The van der Waals surface area contributed by atoms with E-state index in [1.165, 1.54) is 0 Å². The molecule has 0 saturated heterocycles. The third-order valence-electron chi connectivity index (χ3n) is 4.33. The molecule has 1 fully saturated rings. The minimum atomic E-state index is -0.209. The number of carbonyl (C=O) groups is 1. The summed E-state index contributed by atoms with van der Waals surface area (Å²) in [4.78, 5) is 16.6. The van der Waals surface area contributed by atoms with E-state index in [1.807, 2.05) is 13.8 Å². The molecule has 2 rings (SSSR count). The SMILES string of the molecule is COc1c(C)cnc(CC(=O)CC2(OC)CCC2)c1C. The summed E-state index contributed by atoms with van der Waals surface area (Å²) in [7, 11) is 3.35. The van der Waals surface area contributed by atoms with Crippen molar-refractivity contribution >= 4 is 5.78 Å². The standard InChI is InChI=1S/C16H23NO3/c1-11-10-17-14(12(2)15(11)19-3)8-13(18)9-16(20-4)6-5-7-16/h10H,5-9H2,1-4H3. The summed E-state index contributed by atoms with van der Waals surface area (Å²) in [6.07, 6.45) is 5.73. The molecule has 1 aromatic heterocycles. The van der Waals surface area contributed by atoms with Crippen LogP contribution in [0, 0.1) is 13.8 Å². The normalized spacial score (nSPS) is 16.6. The van der Waals surface area contributed by atoms with Crippen molar-refractivity contribution in [3.05, 3.63) is 23.0 Å². The van der Waals surface area contributed by atoms with Gasteiger partial charge in [0.1, 0.15) is 11.5 Å². The van der Waals surface area contributed by atoms with Crippen molar-refractivity contribution in [2.75, 3.05) is 14.2 Å². The molecule has 1 aliphatic rings. The molecule has 0 bridgehead atoms. The van der Waals surface area contributed by atoms with E-state index in [4.69, 9.17) is 9.47 Å². The fourth-order valence-corrected chi connectivity index (χ4v) is 2.88. The average Bonchev–Trinajstić information content (AvgIpc) is 2.38. The number of Topliss-reactive ketones (excluding diaryl/α,β-unsaturated/α-hetero) is 1. The first kappa shape index (κ1) is 15.0. The maximum Gasteiger partial charge on any atom is 0.141 e. The molecule has 1 aliphatic carbocycles. The topological polar surface area (TPSA) is 48.4 Å². The van der Waals surface area contributed by atoms with Gasteiger partial charge in [0.15, 0.2) is 0 Å². The lowest BCUT2D eigenvalue weighted by Gasteiger charge is -2.40. The van der Waals surface area contributed by atoms with Gasteiger partial charge in [0.05, 0.1) is 18.4 Å². The lowest BCUT2D eigenvalue weighted by Crippen LogP contribution is -2.41. The highest BCUT2D eigenvalue weighted by Gasteiger charge is 2.38. The Morgan fingerprint density at radius 2 is 2.05 bits per heavy atom. The van der Waals surface area contributed by atoms with Crippen molar-refractivity contribution in [1.29, 1.82) is 0 Å². The third-order valence-corrected chi connectivity index (χ3v) is 4.33. The van der Waals surface area contributed by atoms with Gasteiger partial charge in [-0.2, -0.15) is 0 Å². The van der Waals surface area contributed by atoms with E-state index in [-0.39, 0.29) is 11.4 Å². The summed E-state index contributed by atoms with van der Waals surface area (Å²) in [6.45, 7) is 3.91. The minimum absolute atomic E-state index is 0.188. The van der Waals surface area contributed by atoms with Crippen LogP contribution in [0.5, 0.6) is 5.75 Å². The second-order valence-electron chi connectivity index (χ2n) is 5.68. The zero-order valence-corrected chi connectivity index (χ0v) is 12.8. The van der Waals surface area contributed by atoms with E-state index in [0.29, 0.717) is 12.8 Å². The van der Waals surface area contributed by atoms with Gasteiger partial charge in [0, 0.05) is 37.3 Å². The number of hydrogen-bond donors (Lipinski definition) is 0. The number of methoxy groups -OCH3 is 2. The van der Waals surface area contributed by atoms with Crippen molar-refractivity contribution in [3.63, 3.8) is 0 Å². The zero-order valence-electron chi connectivity index (χ0n) is 12.8. The number of carbonyl (C=O) groups excluding carboxylic acids is 1. The van der Waals surface area contributed by atoms with E-state index in [9.17, 15) is 4.79 Å². The quantitative estimate of drug-likeness (QED) is 0.802. The van der Waals surface area contributed by atoms with E-state index in [0.717, 1.165) is 41.8 Å². The number of rotatable bonds is 6. The Hall–Kier alpha value is -1.42. The predicted octanol–water partition coefficient (Wildman–Crippen LogP) is 2.78. The maximum absolute atomic E-state index is 12.3. The van der Waals surface area contributed by atoms with Gasteiger partial charge in [-0.25, -0.2) is 0 Å². The number of aromatic nitrogens is 1. The number of ether oxygens (including phenoxy) is 2. The molecule has 0 spiro atoms. The third kappa shape index (κ3) is 2.85. The Labute approximate surface area is 120 Å². The van der Waals surface area contributed by atoms with Gasteiger partial charge in [-0.15, -0.1) is 0 Å². The fraction of sp³-hybridized carbons (Fsp3) is 0.625. The summed E-state index contributed by atoms with van der Waals surface area (Å²) in [5, 5.41) is 0. The second kappa shape index (κ2) is 5.92. The molecule has 1 aromatic rings.